The van der Waals surface area contributed by atoms with E-state index >= 15 is 0 Å². The molecule has 8 heteroatoms. The number of hydrogen-bond donors (Lipinski definition) is 0. The summed E-state index contributed by atoms with van der Waals surface area (Å²) in [6.07, 6.45) is 3.87. The van der Waals surface area contributed by atoms with Gasteiger partial charge in [0.05, 0.1) is 24.5 Å². The van der Waals surface area contributed by atoms with Gasteiger partial charge in [0, 0.05) is 25.8 Å². The average molecular weight is 357 g/mol. The lowest BCUT2D eigenvalue weighted by Gasteiger charge is -2.32. The predicted octanol–water partition coefficient (Wildman–Crippen LogP) is 1.90. The van der Waals surface area contributed by atoms with Crippen LogP contribution in [0.2, 0.25) is 0 Å². The van der Waals surface area contributed by atoms with Gasteiger partial charge >= 0.3 is 0 Å². The van der Waals surface area contributed by atoms with Crippen molar-refractivity contribution in [2.45, 2.75) is 32.8 Å². The SMILES string of the molecule is Cc1noc(C)c1C(=O)N1CCOC(c2ccnc(N3CCCC3)n2)C1. The molecule has 0 aliphatic carbocycles. The van der Waals surface area contributed by atoms with Crippen LogP contribution in [-0.2, 0) is 4.74 Å². The van der Waals surface area contributed by atoms with Crippen molar-refractivity contribution >= 4 is 11.9 Å². The second-order valence-electron chi connectivity index (χ2n) is 6.79. The number of aryl methyl sites for hydroxylation is 2. The first-order valence-corrected chi connectivity index (χ1v) is 9.05. The lowest BCUT2D eigenvalue weighted by Crippen LogP contribution is -2.42. The van der Waals surface area contributed by atoms with Crippen molar-refractivity contribution < 1.29 is 14.1 Å². The zero-order valence-electron chi connectivity index (χ0n) is 15.1. The van der Waals surface area contributed by atoms with Crippen LogP contribution in [0.4, 0.5) is 5.95 Å². The number of rotatable bonds is 3. The van der Waals surface area contributed by atoms with Crippen LogP contribution in [0.1, 0.15) is 46.5 Å². The third-order valence-electron chi connectivity index (χ3n) is 4.98. The van der Waals surface area contributed by atoms with Crippen LogP contribution in [0.15, 0.2) is 16.8 Å². The minimum Gasteiger partial charge on any atom is -0.368 e. The summed E-state index contributed by atoms with van der Waals surface area (Å²) in [4.78, 5) is 26.0. The number of hydrogen-bond acceptors (Lipinski definition) is 7. The van der Waals surface area contributed by atoms with Crippen LogP contribution in [0.25, 0.3) is 0 Å². The maximum atomic E-state index is 12.9. The Morgan fingerprint density at radius 2 is 2.04 bits per heavy atom. The van der Waals surface area contributed by atoms with Gasteiger partial charge < -0.3 is 19.1 Å². The largest absolute Gasteiger partial charge is 0.368 e. The number of aromatic nitrogens is 3. The molecule has 2 aliphatic heterocycles. The molecule has 2 aliphatic rings. The van der Waals surface area contributed by atoms with E-state index in [9.17, 15) is 4.79 Å². The molecule has 1 unspecified atom stereocenters. The van der Waals surface area contributed by atoms with Gasteiger partial charge in [0.1, 0.15) is 17.4 Å². The average Bonchev–Trinajstić information content (AvgIpc) is 3.32. The number of amides is 1. The van der Waals surface area contributed by atoms with E-state index in [0.29, 0.717) is 36.7 Å². The Bertz CT molecular complexity index is 780. The van der Waals surface area contributed by atoms with Crippen molar-refractivity contribution in [3.63, 3.8) is 0 Å². The Morgan fingerprint density at radius 1 is 1.23 bits per heavy atom. The fourth-order valence-electron chi connectivity index (χ4n) is 3.57. The molecule has 2 aromatic rings. The third kappa shape index (κ3) is 3.16. The molecule has 138 valence electrons. The maximum absolute atomic E-state index is 12.9. The highest BCUT2D eigenvalue weighted by molar-refractivity contribution is 5.96. The van der Waals surface area contributed by atoms with Crippen molar-refractivity contribution in [2.75, 3.05) is 37.7 Å². The number of carbonyl (C=O) groups excluding carboxylic acids is 1. The summed E-state index contributed by atoms with van der Waals surface area (Å²) in [7, 11) is 0. The van der Waals surface area contributed by atoms with Crippen molar-refractivity contribution in [3.8, 4) is 0 Å². The van der Waals surface area contributed by atoms with Crippen LogP contribution in [-0.4, -0.2) is 58.7 Å². The first-order chi connectivity index (χ1) is 12.6. The lowest BCUT2D eigenvalue weighted by atomic mass is 10.1. The van der Waals surface area contributed by atoms with Gasteiger partial charge in [-0.25, -0.2) is 9.97 Å². The van der Waals surface area contributed by atoms with Gasteiger partial charge in [-0.3, -0.25) is 4.79 Å². The van der Waals surface area contributed by atoms with E-state index in [1.807, 2.05) is 6.07 Å². The van der Waals surface area contributed by atoms with Crippen LogP contribution >= 0.6 is 0 Å². The Morgan fingerprint density at radius 3 is 2.77 bits per heavy atom. The second kappa shape index (κ2) is 7.03. The van der Waals surface area contributed by atoms with E-state index in [0.717, 1.165) is 24.7 Å². The highest BCUT2D eigenvalue weighted by Gasteiger charge is 2.30. The Kier molecular flexibility index (Phi) is 4.58. The molecule has 4 heterocycles. The van der Waals surface area contributed by atoms with Crippen LogP contribution in [0, 0.1) is 13.8 Å². The molecular formula is C18H23N5O3. The molecule has 0 spiro atoms. The monoisotopic (exact) mass is 357 g/mol. The highest BCUT2D eigenvalue weighted by Crippen LogP contribution is 2.25. The van der Waals surface area contributed by atoms with E-state index in [2.05, 4.69) is 15.0 Å². The number of nitrogens with zero attached hydrogens (tertiary/aromatic N) is 5. The highest BCUT2D eigenvalue weighted by atomic mass is 16.5. The number of ether oxygens (including phenoxy) is 1. The normalized spacial score (nSPS) is 20.6. The summed E-state index contributed by atoms with van der Waals surface area (Å²) in [5.74, 6) is 1.23. The van der Waals surface area contributed by atoms with Gasteiger partial charge in [-0.2, -0.15) is 0 Å². The van der Waals surface area contributed by atoms with Crippen molar-refractivity contribution in [1.82, 2.24) is 20.0 Å². The quantitative estimate of drug-likeness (QED) is 0.829. The van der Waals surface area contributed by atoms with E-state index < -0.39 is 0 Å². The first-order valence-electron chi connectivity index (χ1n) is 9.05. The van der Waals surface area contributed by atoms with Gasteiger partial charge in [-0.05, 0) is 32.8 Å². The molecule has 2 fully saturated rings. The fourth-order valence-corrected chi connectivity index (χ4v) is 3.57. The van der Waals surface area contributed by atoms with Crippen LogP contribution in [0.3, 0.4) is 0 Å². The van der Waals surface area contributed by atoms with Gasteiger partial charge in [0.15, 0.2) is 0 Å². The molecule has 4 rings (SSSR count). The second-order valence-corrected chi connectivity index (χ2v) is 6.79. The van der Waals surface area contributed by atoms with E-state index in [1.54, 1.807) is 24.9 Å². The van der Waals surface area contributed by atoms with Gasteiger partial charge in [0.25, 0.3) is 5.91 Å². The summed E-state index contributed by atoms with van der Waals surface area (Å²) < 4.78 is 11.0. The Balaban J connectivity index is 1.52. The molecule has 2 saturated heterocycles. The third-order valence-corrected chi connectivity index (χ3v) is 4.98. The lowest BCUT2D eigenvalue weighted by molar-refractivity contribution is -0.0248. The van der Waals surface area contributed by atoms with Crippen molar-refractivity contribution in [3.05, 3.63) is 35.0 Å². The zero-order chi connectivity index (χ0) is 18.1. The zero-order valence-corrected chi connectivity index (χ0v) is 15.1. The fraction of sp³-hybridized carbons (Fsp3) is 0.556. The summed E-state index contributed by atoms with van der Waals surface area (Å²) in [6.45, 7) is 7.01. The maximum Gasteiger partial charge on any atom is 0.259 e. The summed E-state index contributed by atoms with van der Waals surface area (Å²) >= 11 is 0. The number of morpholine rings is 1. The topological polar surface area (TPSA) is 84.6 Å². The Hall–Kier alpha value is -2.48. The number of anilines is 1. The first kappa shape index (κ1) is 17.0. The minimum absolute atomic E-state index is 0.0663. The van der Waals surface area contributed by atoms with Crippen molar-refractivity contribution in [1.29, 1.82) is 0 Å². The van der Waals surface area contributed by atoms with E-state index in [-0.39, 0.29) is 12.0 Å². The predicted molar refractivity (Wildman–Crippen MR) is 94.1 cm³/mol. The van der Waals surface area contributed by atoms with Crippen LogP contribution in [0.5, 0.6) is 0 Å². The molecule has 0 bridgehead atoms. The molecule has 8 nitrogen and oxygen atoms in total. The van der Waals surface area contributed by atoms with Crippen LogP contribution < -0.4 is 4.90 Å². The summed E-state index contributed by atoms with van der Waals surface area (Å²) in [5, 5.41) is 3.89. The molecule has 0 saturated carbocycles. The number of carbonyl (C=O) groups is 1. The summed E-state index contributed by atoms with van der Waals surface area (Å²) in [6, 6.07) is 1.87. The molecular weight excluding hydrogens is 334 g/mol. The van der Waals surface area contributed by atoms with E-state index in [1.165, 1.54) is 12.8 Å². The minimum atomic E-state index is -0.252. The summed E-state index contributed by atoms with van der Waals surface area (Å²) in [5.41, 5.74) is 1.98. The standard InChI is InChI=1S/C18H23N5O3/c1-12-16(13(2)26-21-12)17(24)23-9-10-25-15(11-23)14-5-6-19-18(20-14)22-7-3-4-8-22/h5-6,15H,3-4,7-11H2,1-2H3. The van der Waals surface area contributed by atoms with E-state index in [4.69, 9.17) is 14.2 Å². The molecule has 0 N–H and O–H groups in total. The molecule has 1 amide bonds. The van der Waals surface area contributed by atoms with Gasteiger partial charge in [-0.15, -0.1) is 0 Å². The smallest absolute Gasteiger partial charge is 0.259 e. The molecule has 2 aromatic heterocycles. The van der Waals surface area contributed by atoms with Gasteiger partial charge in [-0.1, -0.05) is 5.16 Å². The van der Waals surface area contributed by atoms with Gasteiger partial charge in [0.2, 0.25) is 5.95 Å². The molecule has 0 aromatic carbocycles. The van der Waals surface area contributed by atoms with Crippen molar-refractivity contribution in [2.24, 2.45) is 0 Å². The molecule has 0 radical (unpaired) electrons. The Labute approximate surface area is 152 Å². The molecule has 26 heavy (non-hydrogen) atoms. The molecule has 1 atom stereocenters.